The van der Waals surface area contributed by atoms with Crippen LogP contribution < -0.4 is 9.64 Å². The molecule has 1 aliphatic heterocycles. The molecule has 0 N–H and O–H groups in total. The SMILES string of the molecule is C1=CC(c2ccc(N(c3ccc(-c4ccccc4)cc3)c3ccc(-c4ccc5c(c4)oc4ccc6nc(-c7ccccc7)oc6c45)cc3)cc2)C2C(=C1)Oc1ccccc12. The van der Waals surface area contributed by atoms with Crippen LogP contribution in [0.3, 0.4) is 0 Å². The summed E-state index contributed by atoms with van der Waals surface area (Å²) >= 11 is 0. The number of nitrogens with zero attached hydrogens (tertiary/aromatic N) is 2. The first-order chi connectivity index (χ1) is 29.7. The quantitative estimate of drug-likeness (QED) is 0.161. The number of rotatable bonds is 7. The van der Waals surface area contributed by atoms with Crippen LogP contribution in [0.25, 0.3) is 66.7 Å². The van der Waals surface area contributed by atoms with Crippen molar-refractivity contribution in [2.45, 2.75) is 11.8 Å². The van der Waals surface area contributed by atoms with Gasteiger partial charge in [-0.2, -0.15) is 0 Å². The van der Waals surface area contributed by atoms with Gasteiger partial charge in [0.25, 0.3) is 0 Å². The van der Waals surface area contributed by atoms with Gasteiger partial charge < -0.3 is 18.5 Å². The van der Waals surface area contributed by atoms with E-state index in [1.807, 2.05) is 48.5 Å². The Bertz CT molecular complexity index is 3270. The molecule has 8 aromatic carbocycles. The molecule has 2 atom stereocenters. The van der Waals surface area contributed by atoms with Crippen molar-refractivity contribution >= 4 is 50.1 Å². The van der Waals surface area contributed by atoms with Crippen molar-refractivity contribution in [3.63, 3.8) is 0 Å². The Kier molecular flexibility index (Phi) is 7.91. The Morgan fingerprint density at radius 1 is 0.500 bits per heavy atom. The zero-order chi connectivity index (χ0) is 39.6. The van der Waals surface area contributed by atoms with Gasteiger partial charge in [-0.05, 0) is 113 Å². The van der Waals surface area contributed by atoms with Crippen LogP contribution >= 0.6 is 0 Å². The number of fused-ring (bicyclic) bond motifs is 8. The van der Waals surface area contributed by atoms with Gasteiger partial charge >= 0.3 is 0 Å². The summed E-state index contributed by atoms with van der Waals surface area (Å²) in [6.45, 7) is 0. The fourth-order valence-electron chi connectivity index (χ4n) is 9.03. The van der Waals surface area contributed by atoms with E-state index in [1.165, 1.54) is 22.3 Å². The first kappa shape index (κ1) is 34.2. The molecular formula is C55H36N2O3. The van der Waals surface area contributed by atoms with Crippen molar-refractivity contribution in [3.05, 3.63) is 223 Å². The summed E-state index contributed by atoms with van der Waals surface area (Å²) in [5, 5.41) is 1.94. The summed E-state index contributed by atoms with van der Waals surface area (Å²) in [5.41, 5.74) is 14.3. The number of oxazole rings is 1. The predicted molar refractivity (Wildman–Crippen MR) is 242 cm³/mol. The molecule has 5 nitrogen and oxygen atoms in total. The maximum absolute atomic E-state index is 6.44. The molecular weight excluding hydrogens is 737 g/mol. The van der Waals surface area contributed by atoms with E-state index in [-0.39, 0.29) is 11.8 Å². The van der Waals surface area contributed by atoms with E-state index in [9.17, 15) is 0 Å². The highest BCUT2D eigenvalue weighted by atomic mass is 16.5. The van der Waals surface area contributed by atoms with Crippen molar-refractivity contribution in [1.82, 2.24) is 4.98 Å². The fraction of sp³-hybridized carbons (Fsp3) is 0.0364. The average molecular weight is 773 g/mol. The molecule has 284 valence electrons. The molecule has 0 spiro atoms. The van der Waals surface area contributed by atoms with Gasteiger partial charge in [0, 0.05) is 39.5 Å². The van der Waals surface area contributed by atoms with Crippen molar-refractivity contribution in [1.29, 1.82) is 0 Å². The third-order valence-corrected chi connectivity index (χ3v) is 12.0. The van der Waals surface area contributed by atoms with Crippen LogP contribution in [0.15, 0.2) is 221 Å². The Balaban J connectivity index is 0.889. The van der Waals surface area contributed by atoms with Gasteiger partial charge in [-0.25, -0.2) is 4.98 Å². The van der Waals surface area contributed by atoms with E-state index in [2.05, 4.69) is 163 Å². The van der Waals surface area contributed by atoms with Crippen LogP contribution in [0.2, 0.25) is 0 Å². The molecule has 3 heterocycles. The van der Waals surface area contributed by atoms with Crippen molar-refractivity contribution < 1.29 is 13.6 Å². The molecule has 0 radical (unpaired) electrons. The number of benzene rings is 8. The lowest BCUT2D eigenvalue weighted by Gasteiger charge is -2.28. The molecule has 0 saturated heterocycles. The number of anilines is 3. The number of ether oxygens (including phenoxy) is 1. The van der Waals surface area contributed by atoms with Gasteiger partial charge in [-0.15, -0.1) is 0 Å². The van der Waals surface area contributed by atoms with Crippen LogP contribution in [0.4, 0.5) is 17.1 Å². The smallest absolute Gasteiger partial charge is 0.227 e. The van der Waals surface area contributed by atoms with Crippen molar-refractivity contribution in [2.24, 2.45) is 0 Å². The minimum atomic E-state index is 0.167. The molecule has 2 aromatic heterocycles. The second-order valence-corrected chi connectivity index (χ2v) is 15.5. The molecule has 1 aliphatic carbocycles. The van der Waals surface area contributed by atoms with Gasteiger partial charge in [-0.3, -0.25) is 0 Å². The molecule has 0 bridgehead atoms. The lowest BCUT2D eigenvalue weighted by atomic mass is 9.78. The van der Waals surface area contributed by atoms with E-state index >= 15 is 0 Å². The number of allylic oxidation sites excluding steroid dienone is 4. The molecule has 5 heteroatoms. The second kappa shape index (κ2) is 13.9. The number of furan rings is 1. The summed E-state index contributed by atoms with van der Waals surface area (Å²) in [4.78, 5) is 7.12. The standard InChI is InChI=1S/C55H36N2O3/c1-3-10-35(11-4-1)36-18-25-41(26-19-36)57(43-29-22-38(23-30-43)44-15-9-17-49-52(44)45-14-7-8-16-48(45)58-49)42-27-20-37(21-28-42)40-24-31-46-51(34-40)59-50-33-32-47-54(53(46)50)60-55(56-47)39-12-5-2-6-13-39/h1-34,44,52H. The van der Waals surface area contributed by atoms with Crippen molar-refractivity contribution in [3.8, 4) is 39.5 Å². The first-order valence-electron chi connectivity index (χ1n) is 20.3. The Labute approximate surface area is 346 Å². The predicted octanol–water partition coefficient (Wildman–Crippen LogP) is 14.9. The van der Waals surface area contributed by atoms with Crippen LogP contribution in [0, 0.1) is 0 Å². The summed E-state index contributed by atoms with van der Waals surface area (Å²) in [5.74, 6) is 2.91. The maximum Gasteiger partial charge on any atom is 0.227 e. The molecule has 0 fully saturated rings. The summed E-state index contributed by atoms with van der Waals surface area (Å²) < 4.78 is 19.1. The number of hydrogen-bond acceptors (Lipinski definition) is 5. The minimum absolute atomic E-state index is 0.167. The second-order valence-electron chi connectivity index (χ2n) is 15.5. The van der Waals surface area contributed by atoms with Gasteiger partial charge in [0.15, 0.2) is 5.58 Å². The maximum atomic E-state index is 6.44. The van der Waals surface area contributed by atoms with Gasteiger partial charge in [0.05, 0.1) is 11.3 Å². The van der Waals surface area contributed by atoms with Crippen LogP contribution in [-0.2, 0) is 0 Å². The number of aromatic nitrogens is 1. The molecule has 2 unspecified atom stereocenters. The topological polar surface area (TPSA) is 51.6 Å². The molecule has 12 rings (SSSR count). The molecule has 0 amide bonds. The van der Waals surface area contributed by atoms with Crippen LogP contribution in [-0.4, -0.2) is 4.98 Å². The average Bonchev–Trinajstić information content (AvgIpc) is 4.04. The third-order valence-electron chi connectivity index (χ3n) is 12.0. The van der Waals surface area contributed by atoms with E-state index in [4.69, 9.17) is 18.6 Å². The Hall–Kier alpha value is -7.89. The Morgan fingerprint density at radius 2 is 1.12 bits per heavy atom. The highest BCUT2D eigenvalue weighted by Crippen LogP contribution is 2.51. The highest BCUT2D eigenvalue weighted by Gasteiger charge is 2.36. The lowest BCUT2D eigenvalue weighted by Crippen LogP contribution is -2.13. The summed E-state index contributed by atoms with van der Waals surface area (Å²) in [6, 6.07) is 65.9. The number of hydrogen-bond donors (Lipinski definition) is 0. The monoisotopic (exact) mass is 772 g/mol. The molecule has 60 heavy (non-hydrogen) atoms. The lowest BCUT2D eigenvalue weighted by molar-refractivity contribution is 0.416. The first-order valence-corrected chi connectivity index (χ1v) is 20.3. The van der Waals surface area contributed by atoms with Crippen LogP contribution in [0.1, 0.15) is 23.0 Å². The van der Waals surface area contributed by atoms with Crippen LogP contribution in [0.5, 0.6) is 5.75 Å². The Morgan fingerprint density at radius 3 is 1.85 bits per heavy atom. The number of para-hydroxylation sites is 1. The highest BCUT2D eigenvalue weighted by molar-refractivity contribution is 6.16. The van der Waals surface area contributed by atoms with Gasteiger partial charge in [0.2, 0.25) is 5.89 Å². The van der Waals surface area contributed by atoms with E-state index in [0.29, 0.717) is 5.89 Å². The molecule has 2 aliphatic rings. The largest absolute Gasteiger partial charge is 0.461 e. The summed E-state index contributed by atoms with van der Waals surface area (Å²) in [6.07, 6.45) is 6.53. The zero-order valence-electron chi connectivity index (χ0n) is 32.4. The molecule has 0 saturated carbocycles. The van der Waals surface area contributed by atoms with Crippen molar-refractivity contribution in [2.75, 3.05) is 4.90 Å². The van der Waals surface area contributed by atoms with E-state index in [0.717, 1.165) is 78.3 Å². The third kappa shape index (κ3) is 5.74. The fourth-order valence-corrected chi connectivity index (χ4v) is 9.03. The zero-order valence-corrected chi connectivity index (χ0v) is 32.4. The van der Waals surface area contributed by atoms with Gasteiger partial charge in [0.1, 0.15) is 28.2 Å². The van der Waals surface area contributed by atoms with E-state index < -0.39 is 0 Å². The van der Waals surface area contributed by atoms with E-state index in [1.54, 1.807) is 0 Å². The minimum Gasteiger partial charge on any atom is -0.461 e. The summed E-state index contributed by atoms with van der Waals surface area (Å²) in [7, 11) is 0. The molecule has 10 aromatic rings. The van der Waals surface area contributed by atoms with Gasteiger partial charge in [-0.1, -0.05) is 121 Å². The normalized spacial score (nSPS) is 15.5.